The molecule has 0 spiro atoms. The van der Waals surface area contributed by atoms with E-state index in [0.29, 0.717) is 5.75 Å². The van der Waals surface area contributed by atoms with Gasteiger partial charge in [0.2, 0.25) is 0 Å². The van der Waals surface area contributed by atoms with Crippen molar-refractivity contribution in [3.63, 3.8) is 0 Å². The van der Waals surface area contributed by atoms with E-state index in [0.717, 1.165) is 0 Å². The van der Waals surface area contributed by atoms with Gasteiger partial charge in [0, 0.05) is 6.54 Å². The van der Waals surface area contributed by atoms with E-state index < -0.39 is 6.17 Å². The maximum atomic E-state index is 12.9. The molecule has 0 unspecified atom stereocenters. The van der Waals surface area contributed by atoms with Gasteiger partial charge in [0.25, 0.3) is 0 Å². The summed E-state index contributed by atoms with van der Waals surface area (Å²) in [6.07, 6.45) is -1.10. The number of alkyl halides is 1. The molecule has 0 aliphatic carbocycles. The van der Waals surface area contributed by atoms with Gasteiger partial charge in [-0.3, -0.25) is 0 Å². The van der Waals surface area contributed by atoms with Crippen molar-refractivity contribution in [3.05, 3.63) is 29.8 Å². The summed E-state index contributed by atoms with van der Waals surface area (Å²) in [5.41, 5.74) is 6.43. The molecule has 0 amide bonds. The molecule has 1 rings (SSSR count). The summed E-state index contributed by atoms with van der Waals surface area (Å²) in [5.74, 6) is 0.698. The van der Waals surface area contributed by atoms with Crippen LogP contribution >= 0.6 is 0 Å². The average Bonchev–Trinajstić information content (AvgIpc) is 2.25. The monoisotopic (exact) mass is 225 g/mol. The highest BCUT2D eigenvalue weighted by atomic mass is 19.1. The zero-order valence-electron chi connectivity index (χ0n) is 10.2. The average molecular weight is 225 g/mol. The summed E-state index contributed by atoms with van der Waals surface area (Å²) < 4.78 is 18.2. The quantitative estimate of drug-likeness (QED) is 0.855. The van der Waals surface area contributed by atoms with E-state index in [2.05, 4.69) is 20.8 Å². The molecule has 0 heterocycles. The van der Waals surface area contributed by atoms with Crippen molar-refractivity contribution in [3.8, 4) is 5.75 Å². The Hall–Kier alpha value is -1.09. The molecule has 0 bridgehead atoms. The molecule has 0 aliphatic rings. The van der Waals surface area contributed by atoms with Gasteiger partial charge in [0.15, 0.2) is 0 Å². The molecule has 3 heteroatoms. The standard InChI is InChI=1S/C13H20FNO/c1-13(2,3)10-5-4-6-12(7-10)16-9-11(14)8-15/h4-7,11H,8-9,15H2,1-3H3/t11-/m1/s1. The number of halogens is 1. The van der Waals surface area contributed by atoms with Crippen molar-refractivity contribution < 1.29 is 9.13 Å². The number of hydrogen-bond acceptors (Lipinski definition) is 2. The normalized spacial score (nSPS) is 13.6. The Morgan fingerprint density at radius 2 is 2.06 bits per heavy atom. The minimum absolute atomic E-state index is 0.00103. The van der Waals surface area contributed by atoms with Crippen LogP contribution in [0.2, 0.25) is 0 Å². The lowest BCUT2D eigenvalue weighted by molar-refractivity contribution is 0.201. The third-order valence-electron chi connectivity index (χ3n) is 2.39. The summed E-state index contributed by atoms with van der Waals surface area (Å²) in [4.78, 5) is 0. The summed E-state index contributed by atoms with van der Waals surface area (Å²) in [6, 6.07) is 7.75. The maximum Gasteiger partial charge on any atom is 0.146 e. The number of nitrogens with two attached hydrogens (primary N) is 1. The van der Waals surface area contributed by atoms with E-state index in [1.54, 1.807) is 0 Å². The van der Waals surface area contributed by atoms with E-state index >= 15 is 0 Å². The lowest BCUT2D eigenvalue weighted by Gasteiger charge is -2.20. The van der Waals surface area contributed by atoms with Crippen molar-refractivity contribution in [1.29, 1.82) is 0 Å². The van der Waals surface area contributed by atoms with Crippen molar-refractivity contribution in [2.45, 2.75) is 32.4 Å². The Morgan fingerprint density at radius 1 is 1.38 bits per heavy atom. The highest BCUT2D eigenvalue weighted by molar-refractivity contribution is 5.32. The molecule has 1 atom stereocenters. The second-order valence-corrected chi connectivity index (χ2v) is 4.92. The van der Waals surface area contributed by atoms with Gasteiger partial charge in [-0.15, -0.1) is 0 Å². The topological polar surface area (TPSA) is 35.2 Å². The zero-order valence-corrected chi connectivity index (χ0v) is 10.2. The summed E-state index contributed by atoms with van der Waals surface area (Å²) in [5, 5.41) is 0. The molecule has 0 saturated carbocycles. The smallest absolute Gasteiger partial charge is 0.146 e. The third-order valence-corrected chi connectivity index (χ3v) is 2.39. The predicted octanol–water partition coefficient (Wildman–Crippen LogP) is 2.66. The molecule has 90 valence electrons. The molecule has 2 N–H and O–H groups in total. The molecule has 16 heavy (non-hydrogen) atoms. The highest BCUT2D eigenvalue weighted by Crippen LogP contribution is 2.25. The minimum atomic E-state index is -1.10. The van der Waals surface area contributed by atoms with E-state index in [9.17, 15) is 4.39 Å². The molecule has 2 nitrogen and oxygen atoms in total. The lowest BCUT2D eigenvalue weighted by Crippen LogP contribution is -2.22. The fourth-order valence-electron chi connectivity index (χ4n) is 1.31. The lowest BCUT2D eigenvalue weighted by atomic mass is 9.87. The van der Waals surface area contributed by atoms with Crippen LogP contribution in [0.25, 0.3) is 0 Å². The predicted molar refractivity (Wildman–Crippen MR) is 64.6 cm³/mol. The molecule has 1 aromatic carbocycles. The van der Waals surface area contributed by atoms with Crippen molar-refractivity contribution >= 4 is 0 Å². The highest BCUT2D eigenvalue weighted by Gasteiger charge is 2.14. The first-order valence-electron chi connectivity index (χ1n) is 5.51. The summed E-state index contributed by atoms with van der Waals surface area (Å²) in [7, 11) is 0. The van der Waals surface area contributed by atoms with Crippen molar-refractivity contribution in [1.82, 2.24) is 0 Å². The Bertz CT molecular complexity index is 333. The molecule has 0 radical (unpaired) electrons. The number of hydrogen-bond donors (Lipinski definition) is 1. The molecular formula is C13H20FNO. The Balaban J connectivity index is 2.68. The Kier molecular flexibility index (Phi) is 4.30. The van der Waals surface area contributed by atoms with Crippen LogP contribution in [-0.4, -0.2) is 19.3 Å². The Labute approximate surface area is 96.6 Å². The largest absolute Gasteiger partial charge is 0.491 e. The van der Waals surface area contributed by atoms with Gasteiger partial charge in [-0.2, -0.15) is 0 Å². The van der Waals surface area contributed by atoms with Gasteiger partial charge in [-0.25, -0.2) is 4.39 Å². The first-order valence-corrected chi connectivity index (χ1v) is 5.51. The van der Waals surface area contributed by atoms with E-state index in [-0.39, 0.29) is 18.6 Å². The first kappa shape index (κ1) is 13.0. The van der Waals surface area contributed by atoms with Gasteiger partial charge in [0.1, 0.15) is 18.5 Å². The zero-order chi connectivity index (χ0) is 12.2. The second-order valence-electron chi connectivity index (χ2n) is 4.92. The molecule has 0 aromatic heterocycles. The maximum absolute atomic E-state index is 12.9. The fraction of sp³-hybridized carbons (Fsp3) is 0.538. The van der Waals surface area contributed by atoms with Crippen LogP contribution < -0.4 is 10.5 Å². The van der Waals surface area contributed by atoms with E-state index in [1.807, 2.05) is 24.3 Å². The summed E-state index contributed by atoms with van der Waals surface area (Å²) in [6.45, 7) is 6.40. The Morgan fingerprint density at radius 3 is 2.62 bits per heavy atom. The van der Waals surface area contributed by atoms with Gasteiger partial charge >= 0.3 is 0 Å². The van der Waals surface area contributed by atoms with Crippen molar-refractivity contribution in [2.75, 3.05) is 13.2 Å². The van der Waals surface area contributed by atoms with Crippen LogP contribution in [0.5, 0.6) is 5.75 Å². The van der Waals surface area contributed by atoms with Crippen LogP contribution in [0, 0.1) is 0 Å². The fourth-order valence-corrected chi connectivity index (χ4v) is 1.31. The molecule has 0 aliphatic heterocycles. The van der Waals surface area contributed by atoms with Crippen LogP contribution in [0.3, 0.4) is 0 Å². The second kappa shape index (κ2) is 5.30. The van der Waals surface area contributed by atoms with E-state index in [4.69, 9.17) is 10.5 Å². The summed E-state index contributed by atoms with van der Waals surface area (Å²) >= 11 is 0. The number of rotatable bonds is 4. The van der Waals surface area contributed by atoms with Gasteiger partial charge in [-0.05, 0) is 23.1 Å². The van der Waals surface area contributed by atoms with E-state index in [1.165, 1.54) is 5.56 Å². The van der Waals surface area contributed by atoms with Crippen LogP contribution in [0.15, 0.2) is 24.3 Å². The molecule has 0 fully saturated rings. The minimum Gasteiger partial charge on any atom is -0.491 e. The molecular weight excluding hydrogens is 205 g/mol. The molecule has 1 aromatic rings. The van der Waals surface area contributed by atoms with Crippen LogP contribution in [0.1, 0.15) is 26.3 Å². The SMILES string of the molecule is CC(C)(C)c1cccc(OC[C@H](F)CN)c1. The van der Waals surface area contributed by atoms with Gasteiger partial charge < -0.3 is 10.5 Å². The van der Waals surface area contributed by atoms with Crippen molar-refractivity contribution in [2.24, 2.45) is 5.73 Å². The molecule has 0 saturated heterocycles. The van der Waals surface area contributed by atoms with Crippen LogP contribution in [0.4, 0.5) is 4.39 Å². The number of ether oxygens (including phenoxy) is 1. The van der Waals surface area contributed by atoms with Crippen LogP contribution in [-0.2, 0) is 5.41 Å². The van der Waals surface area contributed by atoms with Gasteiger partial charge in [-0.1, -0.05) is 32.9 Å². The van der Waals surface area contributed by atoms with Gasteiger partial charge in [0.05, 0.1) is 0 Å². The first-order chi connectivity index (χ1) is 7.43. The third kappa shape index (κ3) is 3.81. The number of benzene rings is 1.